The van der Waals surface area contributed by atoms with Crippen LogP contribution in [0.4, 0.5) is 5.69 Å². The molecule has 0 saturated heterocycles. The van der Waals surface area contributed by atoms with Crippen LogP contribution in [0.3, 0.4) is 0 Å². The van der Waals surface area contributed by atoms with Gasteiger partial charge in [-0.3, -0.25) is 10.1 Å². The Labute approximate surface area is 130 Å². The van der Waals surface area contributed by atoms with Crippen LogP contribution in [0.15, 0.2) is 46.9 Å². The van der Waals surface area contributed by atoms with Crippen molar-refractivity contribution in [1.29, 1.82) is 0 Å². The molecule has 5 nitrogen and oxygen atoms in total. The van der Waals surface area contributed by atoms with E-state index in [9.17, 15) is 10.1 Å². The average Bonchev–Trinajstić information content (AvgIpc) is 2.49. The minimum absolute atomic E-state index is 0.0393. The van der Waals surface area contributed by atoms with Crippen molar-refractivity contribution >= 4 is 21.6 Å². The van der Waals surface area contributed by atoms with Crippen molar-refractivity contribution in [1.82, 2.24) is 0 Å². The van der Waals surface area contributed by atoms with Gasteiger partial charge < -0.3 is 9.47 Å². The summed E-state index contributed by atoms with van der Waals surface area (Å²) in [5.41, 5.74) is 1.76. The summed E-state index contributed by atoms with van der Waals surface area (Å²) in [6, 6.07) is 12.5. The van der Waals surface area contributed by atoms with Crippen molar-refractivity contribution in [3.8, 4) is 5.75 Å². The third kappa shape index (κ3) is 4.03. The van der Waals surface area contributed by atoms with Gasteiger partial charge in [0.25, 0.3) is 5.69 Å². The van der Waals surface area contributed by atoms with Gasteiger partial charge in [-0.15, -0.1) is 0 Å². The van der Waals surface area contributed by atoms with E-state index in [-0.39, 0.29) is 5.69 Å². The summed E-state index contributed by atoms with van der Waals surface area (Å²) in [5.74, 6) is 0.771. The van der Waals surface area contributed by atoms with E-state index in [2.05, 4.69) is 15.9 Å². The number of ether oxygens (including phenoxy) is 2. The number of halogens is 1. The number of benzene rings is 2. The van der Waals surface area contributed by atoms with Gasteiger partial charge in [0.15, 0.2) is 0 Å². The van der Waals surface area contributed by atoms with E-state index in [1.807, 2.05) is 24.3 Å². The minimum atomic E-state index is -0.421. The topological polar surface area (TPSA) is 61.6 Å². The molecule has 0 bridgehead atoms. The molecular weight excluding hydrogens is 338 g/mol. The van der Waals surface area contributed by atoms with Crippen LogP contribution in [-0.2, 0) is 18.0 Å². The molecule has 0 spiro atoms. The molecule has 2 aromatic carbocycles. The summed E-state index contributed by atoms with van der Waals surface area (Å²) in [5, 5.41) is 10.9. The van der Waals surface area contributed by atoms with E-state index in [1.54, 1.807) is 19.2 Å². The molecule has 2 aromatic rings. The van der Waals surface area contributed by atoms with Crippen LogP contribution in [0.2, 0.25) is 0 Å². The lowest BCUT2D eigenvalue weighted by Crippen LogP contribution is -1.98. The Kier molecular flexibility index (Phi) is 5.30. The quantitative estimate of drug-likeness (QED) is 0.581. The maximum absolute atomic E-state index is 10.9. The lowest BCUT2D eigenvalue weighted by Gasteiger charge is -2.08. The molecule has 0 aliphatic rings. The highest BCUT2D eigenvalue weighted by Gasteiger charge is 2.14. The Hall–Kier alpha value is -1.92. The highest BCUT2D eigenvalue weighted by molar-refractivity contribution is 9.10. The largest absolute Gasteiger partial charge is 0.497 e. The number of hydrogen-bond acceptors (Lipinski definition) is 4. The summed E-state index contributed by atoms with van der Waals surface area (Å²) in [7, 11) is 1.61. The van der Waals surface area contributed by atoms with Crippen LogP contribution < -0.4 is 4.74 Å². The lowest BCUT2D eigenvalue weighted by molar-refractivity contribution is -0.385. The highest BCUT2D eigenvalue weighted by atomic mass is 79.9. The molecule has 21 heavy (non-hydrogen) atoms. The van der Waals surface area contributed by atoms with E-state index in [0.29, 0.717) is 17.7 Å². The van der Waals surface area contributed by atoms with Gasteiger partial charge >= 0.3 is 0 Å². The lowest BCUT2D eigenvalue weighted by atomic mass is 10.2. The summed E-state index contributed by atoms with van der Waals surface area (Å²) in [4.78, 5) is 10.4. The molecule has 0 N–H and O–H groups in total. The third-order valence-electron chi connectivity index (χ3n) is 2.92. The molecule has 0 saturated carbocycles. The summed E-state index contributed by atoms with van der Waals surface area (Å²) in [6.07, 6.45) is 0. The molecule has 0 fully saturated rings. The minimum Gasteiger partial charge on any atom is -0.497 e. The van der Waals surface area contributed by atoms with E-state index >= 15 is 0 Å². The molecule has 6 heteroatoms. The van der Waals surface area contributed by atoms with Gasteiger partial charge in [-0.2, -0.15) is 0 Å². The fourth-order valence-corrected chi connectivity index (χ4v) is 2.38. The number of nitro benzene ring substituents is 1. The number of methoxy groups -OCH3 is 1. The van der Waals surface area contributed by atoms with Crippen molar-refractivity contribution in [3.63, 3.8) is 0 Å². The predicted molar refractivity (Wildman–Crippen MR) is 82.3 cm³/mol. The highest BCUT2D eigenvalue weighted by Crippen LogP contribution is 2.28. The standard InChI is InChI=1S/C15H14BrNO4/c1-20-13-6-2-4-11(8-13)9-21-10-12-5-3-7-14(15(12)16)17(18)19/h2-8H,9-10H2,1H3. The molecule has 2 rings (SSSR count). The maximum Gasteiger partial charge on any atom is 0.283 e. The first-order valence-electron chi connectivity index (χ1n) is 6.24. The molecule has 0 atom stereocenters. The third-order valence-corrected chi connectivity index (χ3v) is 3.83. The fraction of sp³-hybridized carbons (Fsp3) is 0.200. The van der Waals surface area contributed by atoms with Gasteiger partial charge in [0.05, 0.1) is 25.2 Å². The van der Waals surface area contributed by atoms with Crippen LogP contribution in [0, 0.1) is 10.1 Å². The molecule has 0 aliphatic carbocycles. The zero-order valence-corrected chi connectivity index (χ0v) is 13.0. The first-order valence-corrected chi connectivity index (χ1v) is 7.03. The smallest absolute Gasteiger partial charge is 0.283 e. The molecular formula is C15H14BrNO4. The molecule has 0 amide bonds. The zero-order chi connectivity index (χ0) is 15.2. The number of rotatable bonds is 6. The average molecular weight is 352 g/mol. The molecule has 110 valence electrons. The van der Waals surface area contributed by atoms with Gasteiger partial charge in [-0.1, -0.05) is 24.3 Å². The van der Waals surface area contributed by atoms with Crippen LogP contribution in [-0.4, -0.2) is 12.0 Å². The van der Waals surface area contributed by atoms with Crippen LogP contribution in [0.1, 0.15) is 11.1 Å². The summed E-state index contributed by atoms with van der Waals surface area (Å²) in [6.45, 7) is 0.700. The van der Waals surface area contributed by atoms with Crippen LogP contribution in [0.5, 0.6) is 5.75 Å². The van der Waals surface area contributed by atoms with Gasteiger partial charge in [-0.05, 0) is 39.2 Å². The maximum atomic E-state index is 10.9. The first-order chi connectivity index (χ1) is 10.1. The first kappa shape index (κ1) is 15.5. The molecule has 0 radical (unpaired) electrons. The van der Waals surface area contributed by atoms with Crippen molar-refractivity contribution in [3.05, 3.63) is 68.2 Å². The van der Waals surface area contributed by atoms with Gasteiger partial charge in [0.1, 0.15) is 10.2 Å². The Balaban J connectivity index is 2.00. The Bertz CT molecular complexity index is 645. The van der Waals surface area contributed by atoms with Crippen molar-refractivity contribution in [2.75, 3.05) is 7.11 Å². The normalized spacial score (nSPS) is 10.4. The Morgan fingerprint density at radius 1 is 1.19 bits per heavy atom. The zero-order valence-electron chi connectivity index (χ0n) is 11.4. The van der Waals surface area contributed by atoms with Gasteiger partial charge in [-0.25, -0.2) is 0 Å². The van der Waals surface area contributed by atoms with E-state index in [1.165, 1.54) is 6.07 Å². The molecule has 0 aliphatic heterocycles. The Morgan fingerprint density at radius 2 is 1.95 bits per heavy atom. The molecule has 0 unspecified atom stereocenters. The number of nitrogens with zero attached hydrogens (tertiary/aromatic N) is 1. The SMILES string of the molecule is COc1cccc(COCc2cccc([N+](=O)[O-])c2Br)c1. The second-order valence-corrected chi connectivity index (χ2v) is 5.14. The van der Waals surface area contributed by atoms with E-state index in [4.69, 9.17) is 9.47 Å². The number of hydrogen-bond donors (Lipinski definition) is 0. The second kappa shape index (κ2) is 7.19. The van der Waals surface area contributed by atoms with Crippen molar-refractivity contribution < 1.29 is 14.4 Å². The van der Waals surface area contributed by atoms with Crippen molar-refractivity contribution in [2.24, 2.45) is 0 Å². The van der Waals surface area contributed by atoms with Gasteiger partial charge in [0, 0.05) is 6.07 Å². The van der Waals surface area contributed by atoms with E-state index in [0.717, 1.165) is 16.9 Å². The van der Waals surface area contributed by atoms with Gasteiger partial charge in [0.2, 0.25) is 0 Å². The summed E-state index contributed by atoms with van der Waals surface area (Å²) >= 11 is 3.25. The predicted octanol–water partition coefficient (Wildman–Crippen LogP) is 4.08. The fourth-order valence-electron chi connectivity index (χ4n) is 1.86. The van der Waals surface area contributed by atoms with Crippen LogP contribution >= 0.6 is 15.9 Å². The van der Waals surface area contributed by atoms with E-state index < -0.39 is 4.92 Å². The molecule has 0 aromatic heterocycles. The monoisotopic (exact) mass is 351 g/mol. The molecule has 0 heterocycles. The van der Waals surface area contributed by atoms with Crippen molar-refractivity contribution in [2.45, 2.75) is 13.2 Å². The summed E-state index contributed by atoms with van der Waals surface area (Å²) < 4.78 is 11.2. The second-order valence-electron chi connectivity index (χ2n) is 4.35. The Morgan fingerprint density at radius 3 is 2.67 bits per heavy atom. The van der Waals surface area contributed by atoms with Crippen LogP contribution in [0.25, 0.3) is 0 Å². The number of nitro groups is 1.